The first-order valence-electron chi connectivity index (χ1n) is 8.67. The monoisotopic (exact) mass is 433 g/mol. The van der Waals surface area contributed by atoms with Crippen molar-refractivity contribution in [3.63, 3.8) is 0 Å². The summed E-state index contributed by atoms with van der Waals surface area (Å²) in [4.78, 5) is 2.48. The predicted octanol–water partition coefficient (Wildman–Crippen LogP) is 5.01. The smallest absolute Gasteiger partial charge is 0.190 e. The number of hydrogen-bond donors (Lipinski definition) is 0. The lowest BCUT2D eigenvalue weighted by atomic mass is 10.0. The fraction of sp³-hybridized carbons (Fsp3) is 0.333. The number of aryl methyl sites for hydroxylation is 1. The summed E-state index contributed by atoms with van der Waals surface area (Å²) in [6, 6.07) is 13.2. The lowest BCUT2D eigenvalue weighted by Crippen LogP contribution is -2.14. The molecule has 1 atom stereocenters. The second kappa shape index (κ2) is 7.29. The Kier molecular flexibility index (Phi) is 5.42. The molecule has 0 bridgehead atoms. The maximum atomic E-state index is 13.5. The average molecular weight is 434 g/mol. The van der Waals surface area contributed by atoms with E-state index in [-0.39, 0.29) is 0 Å². The quantitative estimate of drug-likeness (QED) is 0.664. The van der Waals surface area contributed by atoms with Crippen LogP contribution in [0, 0.1) is 6.92 Å². The van der Waals surface area contributed by atoms with Crippen molar-refractivity contribution in [3.8, 4) is 0 Å². The molecule has 0 aliphatic heterocycles. The molecule has 0 fully saturated rings. The number of fused-ring (bicyclic) bond motifs is 1. The number of benzene rings is 2. The van der Waals surface area contributed by atoms with Gasteiger partial charge in [0, 0.05) is 11.0 Å². The highest BCUT2D eigenvalue weighted by Gasteiger charge is 2.39. The molecule has 5 heteroatoms. The third kappa shape index (κ3) is 3.40. The van der Waals surface area contributed by atoms with Gasteiger partial charge in [-0.05, 0) is 84.7 Å². The molecule has 1 unspecified atom stereocenters. The molecule has 0 heterocycles. The van der Waals surface area contributed by atoms with Crippen LogP contribution >= 0.6 is 15.9 Å². The molecule has 0 aromatic heterocycles. The van der Waals surface area contributed by atoms with Gasteiger partial charge in [0.15, 0.2) is 9.84 Å². The van der Waals surface area contributed by atoms with E-state index in [1.54, 1.807) is 18.2 Å². The van der Waals surface area contributed by atoms with E-state index in [1.807, 2.05) is 39.2 Å². The second-order valence-corrected chi connectivity index (χ2v) is 10.0. The molecular formula is C21H24BrNO2S. The summed E-state index contributed by atoms with van der Waals surface area (Å²) >= 11 is 3.41. The van der Waals surface area contributed by atoms with Crippen molar-refractivity contribution >= 4 is 31.3 Å². The summed E-state index contributed by atoms with van der Waals surface area (Å²) in [6.45, 7) is 4.91. The maximum absolute atomic E-state index is 13.5. The van der Waals surface area contributed by atoms with Crippen LogP contribution in [0.1, 0.15) is 35.3 Å². The molecule has 1 aliphatic carbocycles. The van der Waals surface area contributed by atoms with Crippen molar-refractivity contribution < 1.29 is 8.42 Å². The van der Waals surface area contributed by atoms with Gasteiger partial charge in [-0.15, -0.1) is 0 Å². The van der Waals surface area contributed by atoms with Crippen LogP contribution in [0.5, 0.6) is 0 Å². The van der Waals surface area contributed by atoms with Gasteiger partial charge in [0.1, 0.15) is 5.25 Å². The van der Waals surface area contributed by atoms with Gasteiger partial charge in [0.2, 0.25) is 0 Å². The molecule has 2 aromatic carbocycles. The minimum atomic E-state index is -3.53. The van der Waals surface area contributed by atoms with Crippen molar-refractivity contribution in [2.75, 3.05) is 20.6 Å². The zero-order chi connectivity index (χ0) is 19.1. The third-order valence-electron chi connectivity index (χ3n) is 4.95. The van der Waals surface area contributed by atoms with E-state index in [0.717, 1.165) is 40.8 Å². The van der Waals surface area contributed by atoms with Gasteiger partial charge in [-0.1, -0.05) is 35.9 Å². The van der Waals surface area contributed by atoms with Gasteiger partial charge >= 0.3 is 0 Å². The topological polar surface area (TPSA) is 37.4 Å². The number of hydrogen-bond acceptors (Lipinski definition) is 3. The molecule has 0 spiro atoms. The van der Waals surface area contributed by atoms with Gasteiger partial charge < -0.3 is 4.90 Å². The normalized spacial score (nSPS) is 17.1. The van der Waals surface area contributed by atoms with E-state index < -0.39 is 15.1 Å². The maximum Gasteiger partial charge on any atom is 0.190 e. The second-order valence-electron chi connectivity index (χ2n) is 7.16. The molecule has 0 N–H and O–H groups in total. The molecule has 1 aliphatic rings. The summed E-state index contributed by atoms with van der Waals surface area (Å²) in [5.74, 6) is 0. The Morgan fingerprint density at radius 3 is 2.42 bits per heavy atom. The van der Waals surface area contributed by atoms with E-state index in [4.69, 9.17) is 0 Å². The first-order valence-corrected chi connectivity index (χ1v) is 11.0. The highest BCUT2D eigenvalue weighted by Crippen LogP contribution is 2.48. The first-order chi connectivity index (χ1) is 12.2. The lowest BCUT2D eigenvalue weighted by Gasteiger charge is -2.17. The van der Waals surface area contributed by atoms with Crippen molar-refractivity contribution in [1.29, 1.82) is 0 Å². The summed E-state index contributed by atoms with van der Waals surface area (Å²) in [5.41, 5.74) is 5.25. The highest BCUT2D eigenvalue weighted by molar-refractivity contribution is 9.10. The molecule has 3 rings (SSSR count). The fourth-order valence-electron chi connectivity index (χ4n) is 3.63. The minimum absolute atomic E-state index is 0.352. The molecule has 0 radical (unpaired) electrons. The first kappa shape index (κ1) is 19.3. The summed E-state index contributed by atoms with van der Waals surface area (Å²) in [6.07, 6.45) is 0.845. The number of sulfone groups is 1. The van der Waals surface area contributed by atoms with Gasteiger partial charge in [0.05, 0.1) is 4.90 Å². The van der Waals surface area contributed by atoms with Crippen LogP contribution in [0.2, 0.25) is 0 Å². The SMILES string of the molecule is CC1=C(CCN(C)C)c2cc(C)ccc2C1S(=O)(=O)c1ccccc1Br. The Bertz CT molecular complexity index is 977. The van der Waals surface area contributed by atoms with E-state index in [0.29, 0.717) is 9.37 Å². The molecule has 2 aromatic rings. The van der Waals surface area contributed by atoms with Crippen molar-refractivity contribution in [3.05, 3.63) is 69.2 Å². The number of halogens is 1. The standard InChI is InChI=1S/C21H24BrNO2S/c1-14-9-10-17-18(13-14)16(11-12-23(3)4)15(2)21(17)26(24,25)20-8-6-5-7-19(20)22/h5-10,13,21H,11-12H2,1-4H3. The molecule has 3 nitrogen and oxygen atoms in total. The van der Waals surface area contributed by atoms with E-state index in [1.165, 1.54) is 0 Å². The van der Waals surface area contributed by atoms with Crippen LogP contribution in [-0.2, 0) is 9.84 Å². The largest absolute Gasteiger partial charge is 0.309 e. The van der Waals surface area contributed by atoms with Crippen LogP contribution in [-0.4, -0.2) is 34.0 Å². The van der Waals surface area contributed by atoms with Crippen LogP contribution in [0.3, 0.4) is 0 Å². The van der Waals surface area contributed by atoms with Crippen LogP contribution < -0.4 is 0 Å². The van der Waals surface area contributed by atoms with Crippen LogP contribution in [0.25, 0.3) is 5.57 Å². The minimum Gasteiger partial charge on any atom is -0.309 e. The highest BCUT2D eigenvalue weighted by atomic mass is 79.9. The molecule has 26 heavy (non-hydrogen) atoms. The van der Waals surface area contributed by atoms with Gasteiger partial charge in [-0.25, -0.2) is 8.42 Å². The summed E-state index contributed by atoms with van der Waals surface area (Å²) < 4.78 is 27.7. The average Bonchev–Trinajstić information content (AvgIpc) is 2.84. The Labute approximate surface area is 164 Å². The summed E-state index contributed by atoms with van der Waals surface area (Å²) in [7, 11) is 0.543. The van der Waals surface area contributed by atoms with Crippen molar-refractivity contribution in [1.82, 2.24) is 4.90 Å². The molecule has 0 saturated heterocycles. The van der Waals surface area contributed by atoms with E-state index >= 15 is 0 Å². The van der Waals surface area contributed by atoms with Gasteiger partial charge in [-0.2, -0.15) is 0 Å². The van der Waals surface area contributed by atoms with E-state index in [9.17, 15) is 8.42 Å². The molecule has 0 saturated carbocycles. The molecule has 0 amide bonds. The predicted molar refractivity (Wildman–Crippen MR) is 111 cm³/mol. The Morgan fingerprint density at radius 2 is 1.77 bits per heavy atom. The number of rotatable bonds is 5. The third-order valence-corrected chi connectivity index (χ3v) is 8.10. The van der Waals surface area contributed by atoms with Crippen LogP contribution in [0.4, 0.5) is 0 Å². The van der Waals surface area contributed by atoms with Crippen molar-refractivity contribution in [2.24, 2.45) is 0 Å². The van der Waals surface area contributed by atoms with Crippen molar-refractivity contribution in [2.45, 2.75) is 30.4 Å². The molecule has 138 valence electrons. The van der Waals surface area contributed by atoms with Gasteiger partial charge in [0.25, 0.3) is 0 Å². The Morgan fingerprint density at radius 1 is 1.08 bits per heavy atom. The zero-order valence-electron chi connectivity index (χ0n) is 15.6. The lowest BCUT2D eigenvalue weighted by molar-refractivity contribution is 0.419. The van der Waals surface area contributed by atoms with Crippen LogP contribution in [0.15, 0.2) is 57.4 Å². The Hall–Kier alpha value is -1.43. The Balaban J connectivity index is 2.17. The van der Waals surface area contributed by atoms with E-state index in [2.05, 4.69) is 33.8 Å². The zero-order valence-corrected chi connectivity index (χ0v) is 18.0. The number of nitrogens with zero attached hydrogens (tertiary/aromatic N) is 1. The molecular weight excluding hydrogens is 410 g/mol. The fourth-order valence-corrected chi connectivity index (χ4v) is 6.60. The summed E-state index contributed by atoms with van der Waals surface area (Å²) in [5, 5.41) is -0.617. The van der Waals surface area contributed by atoms with Gasteiger partial charge in [-0.3, -0.25) is 0 Å².